The normalized spacial score (nSPS) is 37.7. The van der Waals surface area contributed by atoms with E-state index in [1.165, 1.54) is 0 Å². The van der Waals surface area contributed by atoms with Gasteiger partial charge in [-0.3, -0.25) is 4.90 Å². The molecule has 19 heavy (non-hydrogen) atoms. The highest BCUT2D eigenvalue weighted by molar-refractivity contribution is 5.85. The quantitative estimate of drug-likeness (QED) is 0.516. The van der Waals surface area contributed by atoms with Gasteiger partial charge < -0.3 is 25.4 Å². The average Bonchev–Trinajstić information content (AvgIpc) is 2.52. The Bertz CT molecular complexity index is 349. The minimum absolute atomic E-state index is 0. The summed E-state index contributed by atoms with van der Waals surface area (Å²) in [6.45, 7) is -0.899. The Morgan fingerprint density at radius 1 is 1.47 bits per heavy atom. The molecule has 2 fully saturated rings. The van der Waals surface area contributed by atoms with Crippen LogP contribution in [0.25, 0.3) is 0 Å². The first-order valence-corrected chi connectivity index (χ1v) is 5.45. The molecule has 0 aromatic carbocycles. The molecule has 2 rings (SSSR count). The lowest BCUT2D eigenvalue weighted by Crippen LogP contribution is -2.59. The smallest absolute Gasteiger partial charge is 0.321 e. The SMILES string of the molecule is Cl.O=C1N[C@@H](O)CCN1[C@@H]1O[C@H](CO)[C@@H](O)C1(F)F. The lowest BCUT2D eigenvalue weighted by atomic mass is 10.1. The van der Waals surface area contributed by atoms with Crippen molar-refractivity contribution >= 4 is 18.4 Å². The Hall–Kier alpha value is -0.740. The summed E-state index contributed by atoms with van der Waals surface area (Å²) in [5.41, 5.74) is 0. The van der Waals surface area contributed by atoms with E-state index >= 15 is 0 Å². The van der Waals surface area contributed by atoms with Crippen molar-refractivity contribution in [1.29, 1.82) is 0 Å². The number of ether oxygens (including phenoxy) is 1. The van der Waals surface area contributed by atoms with Crippen LogP contribution < -0.4 is 5.32 Å². The zero-order chi connectivity index (χ0) is 13.5. The van der Waals surface area contributed by atoms with Gasteiger partial charge in [-0.05, 0) is 0 Å². The van der Waals surface area contributed by atoms with Gasteiger partial charge >= 0.3 is 12.0 Å². The van der Waals surface area contributed by atoms with Crippen LogP contribution in [0.3, 0.4) is 0 Å². The first-order chi connectivity index (χ1) is 8.37. The largest absolute Gasteiger partial charge is 0.394 e. The van der Waals surface area contributed by atoms with Gasteiger partial charge in [0.1, 0.15) is 12.3 Å². The molecule has 112 valence electrons. The number of hydrogen-bond donors (Lipinski definition) is 4. The molecule has 2 saturated heterocycles. The predicted octanol–water partition coefficient (Wildman–Crippen LogP) is -1.14. The molecule has 2 aliphatic rings. The highest BCUT2D eigenvalue weighted by atomic mass is 35.5. The number of aliphatic hydroxyl groups excluding tert-OH is 3. The Kier molecular flexibility index (Phi) is 4.91. The minimum atomic E-state index is -3.67. The summed E-state index contributed by atoms with van der Waals surface area (Å²) >= 11 is 0. The van der Waals surface area contributed by atoms with Gasteiger partial charge in [-0.25, -0.2) is 4.79 Å². The first-order valence-electron chi connectivity index (χ1n) is 5.45. The van der Waals surface area contributed by atoms with Crippen LogP contribution in [0.5, 0.6) is 0 Å². The van der Waals surface area contributed by atoms with Crippen molar-refractivity contribution in [2.45, 2.75) is 37.0 Å². The maximum Gasteiger partial charge on any atom is 0.321 e. The molecule has 2 heterocycles. The second-order valence-corrected chi connectivity index (χ2v) is 4.28. The van der Waals surface area contributed by atoms with E-state index in [1.54, 1.807) is 0 Å². The summed E-state index contributed by atoms with van der Waals surface area (Å²) < 4.78 is 32.3. The van der Waals surface area contributed by atoms with Crippen LogP contribution in [-0.2, 0) is 4.74 Å². The van der Waals surface area contributed by atoms with Crippen LogP contribution in [0.4, 0.5) is 13.6 Å². The number of nitrogens with one attached hydrogen (secondary N) is 1. The van der Waals surface area contributed by atoms with Gasteiger partial charge in [-0.1, -0.05) is 0 Å². The number of aliphatic hydroxyl groups is 3. The van der Waals surface area contributed by atoms with Crippen LogP contribution in [0.15, 0.2) is 0 Å². The molecule has 2 aliphatic heterocycles. The van der Waals surface area contributed by atoms with Crippen molar-refractivity contribution in [3.05, 3.63) is 0 Å². The average molecular weight is 305 g/mol. The zero-order valence-electron chi connectivity index (χ0n) is 9.70. The Morgan fingerprint density at radius 2 is 2.11 bits per heavy atom. The third-order valence-electron chi connectivity index (χ3n) is 3.04. The second kappa shape index (κ2) is 5.71. The minimum Gasteiger partial charge on any atom is -0.394 e. The van der Waals surface area contributed by atoms with E-state index in [2.05, 4.69) is 5.32 Å². The highest BCUT2D eigenvalue weighted by Crippen LogP contribution is 2.38. The van der Waals surface area contributed by atoms with Crippen molar-refractivity contribution < 1.29 is 33.6 Å². The Morgan fingerprint density at radius 3 is 2.58 bits per heavy atom. The maximum absolute atomic E-state index is 13.7. The summed E-state index contributed by atoms with van der Waals surface area (Å²) in [5, 5.41) is 29.3. The maximum atomic E-state index is 13.7. The Labute approximate surface area is 113 Å². The van der Waals surface area contributed by atoms with Gasteiger partial charge in [-0.15, -0.1) is 12.4 Å². The van der Waals surface area contributed by atoms with Gasteiger partial charge in [0, 0.05) is 13.0 Å². The van der Waals surface area contributed by atoms with E-state index in [0.29, 0.717) is 4.90 Å². The lowest BCUT2D eigenvalue weighted by Gasteiger charge is -2.36. The molecule has 0 saturated carbocycles. The van der Waals surface area contributed by atoms with Gasteiger partial charge in [0.25, 0.3) is 0 Å². The molecule has 10 heteroatoms. The third-order valence-corrected chi connectivity index (χ3v) is 3.04. The lowest BCUT2D eigenvalue weighted by molar-refractivity contribution is -0.159. The van der Waals surface area contributed by atoms with Crippen LogP contribution in [0.1, 0.15) is 6.42 Å². The number of carbonyl (C=O) groups is 1. The zero-order valence-corrected chi connectivity index (χ0v) is 10.5. The molecular formula is C9H15ClF2N2O5. The fourth-order valence-corrected chi connectivity index (χ4v) is 2.03. The van der Waals surface area contributed by atoms with Crippen LogP contribution in [0.2, 0.25) is 0 Å². The van der Waals surface area contributed by atoms with E-state index < -0.39 is 43.2 Å². The number of hydrogen-bond acceptors (Lipinski definition) is 5. The third kappa shape index (κ3) is 2.75. The summed E-state index contributed by atoms with van der Waals surface area (Å²) in [6, 6.07) is -0.899. The van der Waals surface area contributed by atoms with Crippen molar-refractivity contribution in [2.24, 2.45) is 0 Å². The number of urea groups is 1. The van der Waals surface area contributed by atoms with E-state index in [-0.39, 0.29) is 25.4 Å². The molecule has 4 N–H and O–H groups in total. The standard InChI is InChI=1S/C9H14F2N2O5.ClH/c10-9(11)6(16)4(3-14)18-7(9)13-2-1-5(15)12-8(13)17;/h4-7,14-16H,1-3H2,(H,12,17);1H/t4-,5+,6-,7-;/m1./s1. The van der Waals surface area contributed by atoms with E-state index in [9.17, 15) is 18.7 Å². The Balaban J connectivity index is 0.00000180. The van der Waals surface area contributed by atoms with Crippen LogP contribution >= 0.6 is 12.4 Å². The number of halogens is 3. The van der Waals surface area contributed by atoms with Gasteiger partial charge in [0.2, 0.25) is 6.23 Å². The summed E-state index contributed by atoms with van der Waals surface area (Å²) in [6.07, 6.45) is -6.57. The van der Waals surface area contributed by atoms with Gasteiger partial charge in [-0.2, -0.15) is 8.78 Å². The molecule has 7 nitrogen and oxygen atoms in total. The fraction of sp³-hybridized carbons (Fsp3) is 0.889. The molecule has 0 aromatic rings. The number of nitrogens with zero attached hydrogens (tertiary/aromatic N) is 1. The molecule has 0 radical (unpaired) electrons. The predicted molar refractivity (Wildman–Crippen MR) is 59.8 cm³/mol. The molecule has 0 aromatic heterocycles. The summed E-state index contributed by atoms with van der Waals surface area (Å²) in [5.74, 6) is -3.67. The van der Waals surface area contributed by atoms with Gasteiger partial charge in [0.05, 0.1) is 6.61 Å². The highest BCUT2D eigenvalue weighted by Gasteiger charge is 2.61. The number of carbonyl (C=O) groups excluding carboxylic acids is 1. The van der Waals surface area contributed by atoms with E-state index in [0.717, 1.165) is 0 Å². The molecule has 2 amide bonds. The van der Waals surface area contributed by atoms with Crippen molar-refractivity contribution in [3.8, 4) is 0 Å². The first kappa shape index (κ1) is 16.3. The number of rotatable bonds is 2. The van der Waals surface area contributed by atoms with Gasteiger partial charge in [0.15, 0.2) is 6.10 Å². The van der Waals surface area contributed by atoms with E-state index in [1.807, 2.05) is 0 Å². The number of amides is 2. The fourth-order valence-electron chi connectivity index (χ4n) is 2.03. The molecule has 4 atom stereocenters. The molecule has 0 aliphatic carbocycles. The van der Waals surface area contributed by atoms with Crippen LogP contribution in [-0.4, -0.2) is 70.0 Å². The molecule has 0 bridgehead atoms. The number of alkyl halides is 2. The summed E-state index contributed by atoms with van der Waals surface area (Å²) in [4.78, 5) is 12.2. The molecule has 0 unspecified atom stereocenters. The topological polar surface area (TPSA) is 102 Å². The summed E-state index contributed by atoms with van der Waals surface area (Å²) in [7, 11) is 0. The van der Waals surface area contributed by atoms with Crippen LogP contribution in [0, 0.1) is 0 Å². The van der Waals surface area contributed by atoms with Crippen molar-refractivity contribution in [1.82, 2.24) is 10.2 Å². The monoisotopic (exact) mass is 304 g/mol. The van der Waals surface area contributed by atoms with E-state index in [4.69, 9.17) is 14.9 Å². The van der Waals surface area contributed by atoms with Crippen molar-refractivity contribution in [3.63, 3.8) is 0 Å². The molecular weight excluding hydrogens is 290 g/mol. The second-order valence-electron chi connectivity index (χ2n) is 4.28. The molecule has 0 spiro atoms. The van der Waals surface area contributed by atoms with Crippen molar-refractivity contribution in [2.75, 3.05) is 13.2 Å².